The predicted octanol–water partition coefficient (Wildman–Crippen LogP) is 4.29. The molecule has 7 heteroatoms. The maximum absolute atomic E-state index is 5.59. The molecule has 5 nitrogen and oxygen atoms in total. The summed E-state index contributed by atoms with van der Waals surface area (Å²) in [7, 11) is 0. The van der Waals surface area contributed by atoms with Gasteiger partial charge in [0.15, 0.2) is 4.34 Å². The zero-order valence-electron chi connectivity index (χ0n) is 14.3. The van der Waals surface area contributed by atoms with Crippen molar-refractivity contribution >= 4 is 23.1 Å². The van der Waals surface area contributed by atoms with Gasteiger partial charge in [0.2, 0.25) is 0 Å². The van der Waals surface area contributed by atoms with Crippen molar-refractivity contribution in [1.82, 2.24) is 20.0 Å². The van der Waals surface area contributed by atoms with E-state index in [0.717, 1.165) is 28.6 Å². The van der Waals surface area contributed by atoms with Crippen molar-refractivity contribution in [2.45, 2.75) is 49.3 Å². The molecule has 0 unspecified atom stereocenters. The molecular weight excluding hydrogens is 352 g/mol. The molecule has 1 aromatic carbocycles. The Morgan fingerprint density at radius 2 is 2.04 bits per heavy atom. The van der Waals surface area contributed by atoms with Crippen LogP contribution in [0.3, 0.4) is 0 Å². The Bertz CT molecular complexity index is 857. The average molecular weight is 373 g/mol. The number of rotatable bonds is 6. The van der Waals surface area contributed by atoms with Crippen molar-refractivity contribution in [3.63, 3.8) is 0 Å². The van der Waals surface area contributed by atoms with E-state index in [1.54, 1.807) is 11.8 Å². The highest BCUT2D eigenvalue weighted by molar-refractivity contribution is 8.00. The second-order valence-corrected chi connectivity index (χ2v) is 8.42. The Labute approximate surface area is 155 Å². The molecule has 0 amide bonds. The Morgan fingerprint density at radius 1 is 1.20 bits per heavy atom. The molecule has 0 bridgehead atoms. The van der Waals surface area contributed by atoms with E-state index in [-0.39, 0.29) is 6.10 Å². The number of aromatic nitrogens is 4. The Hall–Kier alpha value is -1.86. The van der Waals surface area contributed by atoms with Crippen molar-refractivity contribution in [3.05, 3.63) is 47.3 Å². The van der Waals surface area contributed by atoms with Crippen LogP contribution in [0, 0.1) is 0 Å². The molecule has 130 valence electrons. The second-order valence-electron chi connectivity index (χ2n) is 6.26. The number of hydrogen-bond acceptors (Lipinski definition) is 6. The lowest BCUT2D eigenvalue weighted by Crippen LogP contribution is -2.04. The number of benzene rings is 1. The van der Waals surface area contributed by atoms with Crippen LogP contribution in [0.4, 0.5) is 0 Å². The third-order valence-electron chi connectivity index (χ3n) is 4.07. The standard InChI is InChI=1S/C18H20N4OS2/c1-12(2)23-17-19-20-18(25-17)24-11-15-14-9-6-10-16(14)22(21-15)13-7-4-3-5-8-13/h3-5,7-8,12H,6,9-11H2,1-2H3. The quantitative estimate of drug-likeness (QED) is 0.604. The van der Waals surface area contributed by atoms with E-state index in [0.29, 0.717) is 5.19 Å². The molecular formula is C18H20N4OS2. The minimum atomic E-state index is 0.121. The van der Waals surface area contributed by atoms with E-state index in [2.05, 4.69) is 39.1 Å². The molecule has 3 aromatic rings. The van der Waals surface area contributed by atoms with Gasteiger partial charge in [-0.05, 0) is 62.1 Å². The van der Waals surface area contributed by atoms with Crippen LogP contribution in [0.1, 0.15) is 37.2 Å². The first kappa shape index (κ1) is 16.6. The molecule has 25 heavy (non-hydrogen) atoms. The highest BCUT2D eigenvalue weighted by Gasteiger charge is 2.23. The third kappa shape index (κ3) is 3.57. The summed E-state index contributed by atoms with van der Waals surface area (Å²) in [4.78, 5) is 0. The maximum Gasteiger partial charge on any atom is 0.295 e. The predicted molar refractivity (Wildman–Crippen MR) is 101 cm³/mol. The Balaban J connectivity index is 1.52. The molecule has 0 saturated carbocycles. The highest BCUT2D eigenvalue weighted by atomic mass is 32.2. The number of nitrogens with zero attached hydrogens (tertiary/aromatic N) is 4. The van der Waals surface area contributed by atoms with Crippen molar-refractivity contribution in [2.24, 2.45) is 0 Å². The van der Waals surface area contributed by atoms with Crippen molar-refractivity contribution in [3.8, 4) is 10.9 Å². The summed E-state index contributed by atoms with van der Waals surface area (Å²) in [5.41, 5.74) is 5.09. The Kier molecular flexibility index (Phi) is 4.76. The summed E-state index contributed by atoms with van der Waals surface area (Å²) in [6.07, 6.45) is 3.56. The molecule has 0 spiro atoms. The topological polar surface area (TPSA) is 52.8 Å². The summed E-state index contributed by atoms with van der Waals surface area (Å²) in [6.45, 7) is 3.99. The normalized spacial score (nSPS) is 13.4. The lowest BCUT2D eigenvalue weighted by molar-refractivity contribution is 0.239. The van der Waals surface area contributed by atoms with Gasteiger partial charge >= 0.3 is 0 Å². The van der Waals surface area contributed by atoms with Gasteiger partial charge in [-0.1, -0.05) is 35.1 Å². The molecule has 4 rings (SSSR count). The zero-order valence-corrected chi connectivity index (χ0v) is 15.9. The fourth-order valence-electron chi connectivity index (χ4n) is 3.05. The van der Waals surface area contributed by atoms with Crippen molar-refractivity contribution in [2.75, 3.05) is 0 Å². The number of thioether (sulfide) groups is 1. The number of para-hydroxylation sites is 1. The van der Waals surface area contributed by atoms with Gasteiger partial charge in [0.25, 0.3) is 5.19 Å². The number of ether oxygens (including phenoxy) is 1. The van der Waals surface area contributed by atoms with Gasteiger partial charge in [-0.15, -0.1) is 5.10 Å². The van der Waals surface area contributed by atoms with E-state index in [1.807, 2.05) is 19.9 Å². The molecule has 0 N–H and O–H groups in total. The summed E-state index contributed by atoms with van der Waals surface area (Å²) in [5, 5.41) is 13.8. The van der Waals surface area contributed by atoms with E-state index in [9.17, 15) is 0 Å². The van der Waals surface area contributed by atoms with Gasteiger partial charge in [0.05, 0.1) is 17.5 Å². The molecule has 0 fully saturated rings. The molecule has 0 aliphatic heterocycles. The fourth-order valence-corrected chi connectivity index (χ4v) is 4.82. The smallest absolute Gasteiger partial charge is 0.295 e. The lowest BCUT2D eigenvalue weighted by Gasteiger charge is -2.04. The molecule has 0 radical (unpaired) electrons. The summed E-state index contributed by atoms with van der Waals surface area (Å²) >= 11 is 3.19. The Morgan fingerprint density at radius 3 is 2.84 bits per heavy atom. The number of hydrogen-bond donors (Lipinski definition) is 0. The van der Waals surface area contributed by atoms with Gasteiger partial charge in [0.1, 0.15) is 0 Å². The van der Waals surface area contributed by atoms with Crippen LogP contribution < -0.4 is 4.74 Å². The van der Waals surface area contributed by atoms with Crippen LogP contribution in [0.2, 0.25) is 0 Å². The third-order valence-corrected chi connectivity index (χ3v) is 6.03. The van der Waals surface area contributed by atoms with Gasteiger partial charge in [0, 0.05) is 11.4 Å². The van der Waals surface area contributed by atoms with Crippen molar-refractivity contribution in [1.29, 1.82) is 0 Å². The molecule has 2 heterocycles. The van der Waals surface area contributed by atoms with Crippen molar-refractivity contribution < 1.29 is 4.74 Å². The maximum atomic E-state index is 5.59. The molecule has 1 aliphatic rings. The largest absolute Gasteiger partial charge is 0.466 e. The molecule has 1 aliphatic carbocycles. The fraction of sp³-hybridized carbons (Fsp3) is 0.389. The summed E-state index contributed by atoms with van der Waals surface area (Å²) in [5.74, 6) is 0.818. The van der Waals surface area contributed by atoms with Gasteiger partial charge in [-0.25, -0.2) is 4.68 Å². The van der Waals surface area contributed by atoms with Crippen LogP contribution in [0.15, 0.2) is 34.7 Å². The lowest BCUT2D eigenvalue weighted by atomic mass is 10.2. The number of fused-ring (bicyclic) bond motifs is 1. The second kappa shape index (κ2) is 7.17. The SMILES string of the molecule is CC(C)Oc1nnc(SCc2nn(-c3ccccc3)c3c2CCC3)s1. The summed E-state index contributed by atoms with van der Waals surface area (Å²) < 4.78 is 8.64. The van der Waals surface area contributed by atoms with E-state index < -0.39 is 0 Å². The van der Waals surface area contributed by atoms with E-state index in [4.69, 9.17) is 9.84 Å². The zero-order chi connectivity index (χ0) is 17.2. The van der Waals surface area contributed by atoms with Crippen LogP contribution in [-0.4, -0.2) is 26.1 Å². The van der Waals surface area contributed by atoms with Crippen LogP contribution in [-0.2, 0) is 18.6 Å². The van der Waals surface area contributed by atoms with Gasteiger partial charge < -0.3 is 4.74 Å². The molecule has 0 atom stereocenters. The highest BCUT2D eigenvalue weighted by Crippen LogP contribution is 2.34. The van der Waals surface area contributed by atoms with Gasteiger partial charge in [-0.3, -0.25) is 0 Å². The first-order valence-electron chi connectivity index (χ1n) is 8.48. The monoisotopic (exact) mass is 372 g/mol. The van der Waals surface area contributed by atoms with Gasteiger partial charge in [-0.2, -0.15) is 5.10 Å². The average Bonchev–Trinajstić information content (AvgIpc) is 3.30. The van der Waals surface area contributed by atoms with E-state index >= 15 is 0 Å². The van der Waals surface area contributed by atoms with Crippen LogP contribution >= 0.6 is 23.1 Å². The summed E-state index contributed by atoms with van der Waals surface area (Å²) in [6, 6.07) is 10.4. The first-order valence-corrected chi connectivity index (χ1v) is 10.3. The van der Waals surface area contributed by atoms with Crippen LogP contribution in [0.5, 0.6) is 5.19 Å². The molecule has 0 saturated heterocycles. The first-order chi connectivity index (χ1) is 12.2. The van der Waals surface area contributed by atoms with Crippen LogP contribution in [0.25, 0.3) is 5.69 Å². The minimum Gasteiger partial charge on any atom is -0.466 e. The molecule has 2 aromatic heterocycles. The van der Waals surface area contributed by atoms with E-state index in [1.165, 1.54) is 34.7 Å². The minimum absolute atomic E-state index is 0.121.